The number of rotatable bonds is 8. The number of nitrogens with one attached hydrogen (secondary N) is 2. The highest BCUT2D eigenvalue weighted by molar-refractivity contribution is 7.91. The molecule has 0 aliphatic heterocycles. The zero-order chi connectivity index (χ0) is 17.5. The Morgan fingerprint density at radius 3 is 2.30 bits per heavy atom. The standard InChI is InChI=1S/C16H26N2O4S/c1-12(2)23(20,21)11-14-5-7-15(8-6-14)18-16(19)17-13(3)9-10-22-4/h5-8,12-13H,9-11H2,1-4H3,(H2,17,18,19)/t13-/m1/s1. The van der Waals surface area contributed by atoms with E-state index >= 15 is 0 Å². The van der Waals surface area contributed by atoms with Gasteiger partial charge in [0.25, 0.3) is 0 Å². The van der Waals surface area contributed by atoms with Crippen LogP contribution in [0.1, 0.15) is 32.8 Å². The van der Waals surface area contributed by atoms with E-state index in [1.165, 1.54) is 0 Å². The van der Waals surface area contributed by atoms with E-state index in [-0.39, 0.29) is 17.8 Å². The van der Waals surface area contributed by atoms with Gasteiger partial charge in [-0.2, -0.15) is 0 Å². The molecule has 2 N–H and O–H groups in total. The van der Waals surface area contributed by atoms with E-state index in [1.807, 2.05) is 6.92 Å². The summed E-state index contributed by atoms with van der Waals surface area (Å²) >= 11 is 0. The number of anilines is 1. The Hall–Kier alpha value is -1.60. The lowest BCUT2D eigenvalue weighted by Crippen LogP contribution is -2.36. The molecule has 0 aromatic heterocycles. The number of amides is 2. The van der Waals surface area contributed by atoms with E-state index in [0.717, 1.165) is 6.42 Å². The molecule has 0 aliphatic carbocycles. The molecular weight excluding hydrogens is 316 g/mol. The summed E-state index contributed by atoms with van der Waals surface area (Å²) in [5.74, 6) is 0.00515. The lowest BCUT2D eigenvalue weighted by molar-refractivity contribution is 0.185. The molecule has 0 fully saturated rings. The molecule has 7 heteroatoms. The van der Waals surface area contributed by atoms with Crippen LogP contribution >= 0.6 is 0 Å². The van der Waals surface area contributed by atoms with Crippen LogP contribution in [-0.2, 0) is 20.3 Å². The maximum Gasteiger partial charge on any atom is 0.319 e. The van der Waals surface area contributed by atoms with Gasteiger partial charge in [-0.15, -0.1) is 0 Å². The summed E-state index contributed by atoms with van der Waals surface area (Å²) in [4.78, 5) is 11.8. The fourth-order valence-electron chi connectivity index (χ4n) is 1.84. The van der Waals surface area contributed by atoms with Crippen LogP contribution in [0.2, 0.25) is 0 Å². The fraction of sp³-hybridized carbons (Fsp3) is 0.562. The molecule has 1 aromatic rings. The molecule has 0 aliphatic rings. The minimum Gasteiger partial charge on any atom is -0.385 e. The van der Waals surface area contributed by atoms with Gasteiger partial charge in [0, 0.05) is 25.4 Å². The van der Waals surface area contributed by atoms with Crippen molar-refractivity contribution in [3.8, 4) is 0 Å². The first-order valence-corrected chi connectivity index (χ1v) is 9.33. The summed E-state index contributed by atoms with van der Waals surface area (Å²) in [5, 5.41) is 5.12. The van der Waals surface area contributed by atoms with Gasteiger partial charge in [0.15, 0.2) is 9.84 Å². The SMILES string of the molecule is COCC[C@@H](C)NC(=O)Nc1ccc(CS(=O)(=O)C(C)C)cc1. The van der Waals surface area contributed by atoms with Crippen molar-refractivity contribution >= 4 is 21.6 Å². The van der Waals surface area contributed by atoms with Crippen LogP contribution < -0.4 is 10.6 Å². The van der Waals surface area contributed by atoms with E-state index < -0.39 is 15.1 Å². The fourth-order valence-corrected chi connectivity index (χ4v) is 2.83. The van der Waals surface area contributed by atoms with Crippen LogP contribution in [0.3, 0.4) is 0 Å². The number of carbonyl (C=O) groups is 1. The van der Waals surface area contributed by atoms with Crippen molar-refractivity contribution in [1.29, 1.82) is 0 Å². The van der Waals surface area contributed by atoms with Crippen molar-refractivity contribution in [2.45, 2.75) is 44.2 Å². The zero-order valence-electron chi connectivity index (χ0n) is 14.1. The number of methoxy groups -OCH3 is 1. The normalized spacial score (nSPS) is 12.9. The molecule has 0 heterocycles. The smallest absolute Gasteiger partial charge is 0.319 e. The third-order valence-corrected chi connectivity index (χ3v) is 5.60. The van der Waals surface area contributed by atoms with E-state index in [0.29, 0.717) is 17.9 Å². The Morgan fingerprint density at radius 2 is 1.78 bits per heavy atom. The van der Waals surface area contributed by atoms with Crippen LogP contribution in [0.15, 0.2) is 24.3 Å². The molecule has 0 radical (unpaired) electrons. The second kappa shape index (κ2) is 8.88. The predicted molar refractivity (Wildman–Crippen MR) is 92.3 cm³/mol. The summed E-state index contributed by atoms with van der Waals surface area (Å²) in [6.07, 6.45) is 0.732. The van der Waals surface area contributed by atoms with Crippen molar-refractivity contribution in [1.82, 2.24) is 5.32 Å². The topological polar surface area (TPSA) is 84.5 Å². The van der Waals surface area contributed by atoms with Crippen LogP contribution in [-0.4, -0.2) is 39.5 Å². The number of benzene rings is 1. The first-order valence-electron chi connectivity index (χ1n) is 7.61. The van der Waals surface area contributed by atoms with E-state index in [4.69, 9.17) is 4.74 Å². The van der Waals surface area contributed by atoms with Gasteiger partial charge in [0.1, 0.15) is 0 Å². The van der Waals surface area contributed by atoms with E-state index in [1.54, 1.807) is 45.2 Å². The quantitative estimate of drug-likeness (QED) is 0.760. The number of hydrogen-bond acceptors (Lipinski definition) is 4. The molecule has 0 saturated heterocycles. The average molecular weight is 342 g/mol. The molecular formula is C16H26N2O4S. The Balaban J connectivity index is 2.55. The van der Waals surface area contributed by atoms with Crippen LogP contribution in [0.4, 0.5) is 10.5 Å². The van der Waals surface area contributed by atoms with Gasteiger partial charge in [-0.1, -0.05) is 12.1 Å². The second-order valence-electron chi connectivity index (χ2n) is 5.83. The van der Waals surface area contributed by atoms with E-state index in [9.17, 15) is 13.2 Å². The van der Waals surface area contributed by atoms with Crippen molar-refractivity contribution in [3.63, 3.8) is 0 Å². The number of carbonyl (C=O) groups excluding carboxylic acids is 1. The van der Waals surface area contributed by atoms with Crippen molar-refractivity contribution in [2.24, 2.45) is 0 Å². The van der Waals surface area contributed by atoms with Crippen LogP contribution in [0, 0.1) is 0 Å². The van der Waals surface area contributed by atoms with Gasteiger partial charge >= 0.3 is 6.03 Å². The van der Waals surface area contributed by atoms with Crippen LogP contribution in [0.25, 0.3) is 0 Å². The third kappa shape index (κ3) is 7.00. The minimum atomic E-state index is -3.12. The number of urea groups is 1. The zero-order valence-corrected chi connectivity index (χ0v) is 14.9. The summed E-state index contributed by atoms with van der Waals surface area (Å²) in [5.41, 5.74) is 1.32. The molecule has 0 bridgehead atoms. The summed E-state index contributed by atoms with van der Waals surface area (Å²) in [6.45, 7) is 5.82. The lowest BCUT2D eigenvalue weighted by atomic mass is 10.2. The maximum absolute atomic E-state index is 11.9. The second-order valence-corrected chi connectivity index (χ2v) is 8.39. The minimum absolute atomic E-state index is 0.00501. The van der Waals surface area contributed by atoms with Gasteiger partial charge in [0.2, 0.25) is 0 Å². The van der Waals surface area contributed by atoms with Crippen LogP contribution in [0.5, 0.6) is 0 Å². The number of ether oxygens (including phenoxy) is 1. The number of hydrogen-bond donors (Lipinski definition) is 2. The summed E-state index contributed by atoms with van der Waals surface area (Å²) < 4.78 is 28.7. The Bertz CT molecular complexity index is 597. The van der Waals surface area contributed by atoms with Gasteiger partial charge in [-0.05, 0) is 44.9 Å². The molecule has 0 unspecified atom stereocenters. The van der Waals surface area contributed by atoms with E-state index in [2.05, 4.69) is 10.6 Å². The van der Waals surface area contributed by atoms with Gasteiger partial charge in [-0.3, -0.25) is 0 Å². The van der Waals surface area contributed by atoms with Gasteiger partial charge in [0.05, 0.1) is 11.0 Å². The number of sulfone groups is 1. The molecule has 0 spiro atoms. The molecule has 2 amide bonds. The largest absolute Gasteiger partial charge is 0.385 e. The molecule has 130 valence electrons. The highest BCUT2D eigenvalue weighted by Crippen LogP contribution is 2.14. The lowest BCUT2D eigenvalue weighted by Gasteiger charge is -2.14. The Kier molecular flexibility index (Phi) is 7.51. The van der Waals surface area contributed by atoms with Crippen molar-refractivity contribution in [3.05, 3.63) is 29.8 Å². The average Bonchev–Trinajstić information content (AvgIpc) is 2.46. The maximum atomic E-state index is 11.9. The highest BCUT2D eigenvalue weighted by atomic mass is 32.2. The molecule has 1 aromatic carbocycles. The predicted octanol–water partition coefficient (Wildman–Crippen LogP) is 2.56. The third-order valence-electron chi connectivity index (χ3n) is 3.43. The summed E-state index contributed by atoms with van der Waals surface area (Å²) in [6, 6.07) is 6.53. The van der Waals surface area contributed by atoms with Crippen molar-refractivity contribution < 1.29 is 17.9 Å². The monoisotopic (exact) mass is 342 g/mol. The molecule has 1 atom stereocenters. The highest BCUT2D eigenvalue weighted by Gasteiger charge is 2.16. The Morgan fingerprint density at radius 1 is 1.17 bits per heavy atom. The Labute approximate surface area is 138 Å². The van der Waals surface area contributed by atoms with Gasteiger partial charge in [-0.25, -0.2) is 13.2 Å². The molecule has 0 saturated carbocycles. The first-order chi connectivity index (χ1) is 10.7. The molecule has 6 nitrogen and oxygen atoms in total. The van der Waals surface area contributed by atoms with Crippen molar-refractivity contribution in [2.75, 3.05) is 19.0 Å². The molecule has 23 heavy (non-hydrogen) atoms. The summed E-state index contributed by atoms with van der Waals surface area (Å²) in [7, 11) is -1.50. The first kappa shape index (κ1) is 19.4. The van der Waals surface area contributed by atoms with Gasteiger partial charge < -0.3 is 15.4 Å². The molecule has 1 rings (SSSR count).